The molecular formula is C18H23N3O3. The molecule has 3 N–H and O–H groups in total. The van der Waals surface area contributed by atoms with E-state index in [1.54, 1.807) is 32.1 Å². The molecule has 0 spiro atoms. The summed E-state index contributed by atoms with van der Waals surface area (Å²) in [5.74, 6) is 0.104. The molecule has 128 valence electrons. The predicted octanol–water partition coefficient (Wildman–Crippen LogP) is 3.40. The van der Waals surface area contributed by atoms with Crippen LogP contribution in [0.5, 0.6) is 0 Å². The molecule has 1 aliphatic carbocycles. The van der Waals surface area contributed by atoms with Crippen LogP contribution in [0.15, 0.2) is 54.3 Å². The molecule has 6 heteroatoms. The number of allylic oxidation sites excluding steroid dienone is 1. The minimum atomic E-state index is -0.471. The van der Waals surface area contributed by atoms with E-state index in [0.29, 0.717) is 11.4 Å². The van der Waals surface area contributed by atoms with E-state index in [-0.39, 0.29) is 24.1 Å². The van der Waals surface area contributed by atoms with Crippen molar-refractivity contribution in [2.45, 2.75) is 32.9 Å². The zero-order chi connectivity index (χ0) is 17.5. The summed E-state index contributed by atoms with van der Waals surface area (Å²) in [6.07, 6.45) is 4.90. The number of nitrogens with one attached hydrogen (secondary N) is 3. The van der Waals surface area contributed by atoms with Crippen LogP contribution in [0.25, 0.3) is 0 Å². The summed E-state index contributed by atoms with van der Waals surface area (Å²) in [6.45, 7) is 5.56. The molecule has 1 aliphatic rings. The van der Waals surface area contributed by atoms with Crippen molar-refractivity contribution in [1.29, 1.82) is 0 Å². The van der Waals surface area contributed by atoms with Gasteiger partial charge < -0.3 is 20.7 Å². The van der Waals surface area contributed by atoms with E-state index in [1.807, 2.05) is 37.3 Å². The SMILES string of the molecule is CC(C)OC(=O)NC1C=C(NC(=O)Nc2ccccc2)C=CC1C. The third kappa shape index (κ3) is 5.46. The molecule has 24 heavy (non-hydrogen) atoms. The zero-order valence-corrected chi connectivity index (χ0v) is 14.1. The average molecular weight is 329 g/mol. The first kappa shape index (κ1) is 17.6. The molecule has 0 aromatic heterocycles. The lowest BCUT2D eigenvalue weighted by atomic mass is 9.96. The van der Waals surface area contributed by atoms with Crippen molar-refractivity contribution in [3.63, 3.8) is 0 Å². The number of hydrogen-bond acceptors (Lipinski definition) is 3. The van der Waals surface area contributed by atoms with Crippen molar-refractivity contribution in [2.24, 2.45) is 5.92 Å². The minimum Gasteiger partial charge on any atom is -0.447 e. The summed E-state index contributed by atoms with van der Waals surface area (Å²) in [7, 11) is 0. The molecule has 0 radical (unpaired) electrons. The topological polar surface area (TPSA) is 79.5 Å². The Morgan fingerprint density at radius 1 is 1.12 bits per heavy atom. The second-order valence-corrected chi connectivity index (χ2v) is 5.91. The van der Waals surface area contributed by atoms with Gasteiger partial charge in [0.15, 0.2) is 0 Å². The number of urea groups is 1. The number of anilines is 1. The van der Waals surface area contributed by atoms with Crippen LogP contribution in [-0.2, 0) is 4.74 Å². The number of alkyl carbamates (subject to hydrolysis) is 1. The molecular weight excluding hydrogens is 306 g/mol. The van der Waals surface area contributed by atoms with Crippen LogP contribution in [0.2, 0.25) is 0 Å². The van der Waals surface area contributed by atoms with Crippen LogP contribution in [-0.4, -0.2) is 24.3 Å². The Balaban J connectivity index is 1.94. The van der Waals surface area contributed by atoms with E-state index in [0.717, 1.165) is 0 Å². The zero-order valence-electron chi connectivity index (χ0n) is 14.1. The molecule has 6 nitrogen and oxygen atoms in total. The van der Waals surface area contributed by atoms with E-state index in [9.17, 15) is 9.59 Å². The van der Waals surface area contributed by atoms with Crippen LogP contribution in [0.4, 0.5) is 15.3 Å². The number of carbonyl (C=O) groups excluding carboxylic acids is 2. The predicted molar refractivity (Wildman–Crippen MR) is 93.5 cm³/mol. The molecule has 2 atom stereocenters. The van der Waals surface area contributed by atoms with Gasteiger partial charge in [-0.1, -0.05) is 31.2 Å². The van der Waals surface area contributed by atoms with Crippen LogP contribution < -0.4 is 16.0 Å². The summed E-state index contributed by atoms with van der Waals surface area (Å²) < 4.78 is 5.09. The Labute approximate surface area is 142 Å². The van der Waals surface area contributed by atoms with Gasteiger partial charge in [-0.15, -0.1) is 0 Å². The highest BCUT2D eigenvalue weighted by molar-refractivity contribution is 5.90. The number of carbonyl (C=O) groups is 2. The summed E-state index contributed by atoms with van der Waals surface area (Å²) in [6, 6.07) is 8.60. The maximum Gasteiger partial charge on any atom is 0.407 e. The number of ether oxygens (including phenoxy) is 1. The van der Waals surface area contributed by atoms with Crippen LogP contribution in [0.3, 0.4) is 0 Å². The van der Waals surface area contributed by atoms with Crippen molar-refractivity contribution in [3.8, 4) is 0 Å². The summed E-state index contributed by atoms with van der Waals surface area (Å²) in [5.41, 5.74) is 1.33. The summed E-state index contributed by atoms with van der Waals surface area (Å²) >= 11 is 0. The van der Waals surface area contributed by atoms with E-state index in [1.165, 1.54) is 0 Å². The van der Waals surface area contributed by atoms with E-state index >= 15 is 0 Å². The third-order valence-electron chi connectivity index (χ3n) is 3.42. The van der Waals surface area contributed by atoms with Gasteiger partial charge in [0, 0.05) is 11.4 Å². The molecule has 3 amide bonds. The highest BCUT2D eigenvalue weighted by atomic mass is 16.6. The lowest BCUT2D eigenvalue weighted by Crippen LogP contribution is -2.41. The highest BCUT2D eigenvalue weighted by Gasteiger charge is 2.21. The number of rotatable bonds is 4. The van der Waals surface area contributed by atoms with Gasteiger partial charge in [0.2, 0.25) is 0 Å². The second-order valence-electron chi connectivity index (χ2n) is 5.91. The second kappa shape index (κ2) is 8.19. The monoisotopic (exact) mass is 329 g/mol. The molecule has 0 bridgehead atoms. The standard InChI is InChI=1S/C18H23N3O3/c1-12(2)24-18(23)21-16-11-15(10-9-13(16)3)20-17(22)19-14-7-5-4-6-8-14/h4-13,16H,1-3H3,(H,21,23)(H2,19,20,22). The van der Waals surface area contributed by atoms with Crippen LogP contribution in [0, 0.1) is 5.92 Å². The number of hydrogen-bond donors (Lipinski definition) is 3. The first-order chi connectivity index (χ1) is 11.4. The van der Waals surface area contributed by atoms with Crippen molar-refractivity contribution in [2.75, 3.05) is 5.32 Å². The Bertz CT molecular complexity index is 638. The van der Waals surface area contributed by atoms with Gasteiger partial charge in [-0.3, -0.25) is 0 Å². The van der Waals surface area contributed by atoms with Crippen molar-refractivity contribution in [3.05, 3.63) is 54.3 Å². The highest BCUT2D eigenvalue weighted by Crippen LogP contribution is 2.16. The van der Waals surface area contributed by atoms with Crippen molar-refractivity contribution >= 4 is 17.8 Å². The van der Waals surface area contributed by atoms with Gasteiger partial charge in [0.25, 0.3) is 0 Å². The van der Waals surface area contributed by atoms with Gasteiger partial charge in [0.05, 0.1) is 12.1 Å². The van der Waals surface area contributed by atoms with Crippen molar-refractivity contribution in [1.82, 2.24) is 10.6 Å². The Morgan fingerprint density at radius 2 is 1.83 bits per heavy atom. The number of para-hydroxylation sites is 1. The molecule has 1 aromatic carbocycles. The minimum absolute atomic E-state index is 0.104. The van der Waals surface area contributed by atoms with Gasteiger partial charge in [-0.2, -0.15) is 0 Å². The van der Waals surface area contributed by atoms with E-state index in [4.69, 9.17) is 4.74 Å². The van der Waals surface area contributed by atoms with Gasteiger partial charge in [-0.25, -0.2) is 9.59 Å². The Morgan fingerprint density at radius 3 is 2.50 bits per heavy atom. The molecule has 1 aromatic rings. The number of benzene rings is 1. The van der Waals surface area contributed by atoms with Crippen LogP contribution in [0.1, 0.15) is 20.8 Å². The fourth-order valence-electron chi connectivity index (χ4n) is 2.23. The first-order valence-electron chi connectivity index (χ1n) is 7.94. The Kier molecular flexibility index (Phi) is 6.01. The molecule has 2 rings (SSSR count). The van der Waals surface area contributed by atoms with Gasteiger partial charge >= 0.3 is 12.1 Å². The number of amides is 3. The fourth-order valence-corrected chi connectivity index (χ4v) is 2.23. The smallest absolute Gasteiger partial charge is 0.407 e. The van der Waals surface area contributed by atoms with Gasteiger partial charge in [-0.05, 0) is 44.1 Å². The third-order valence-corrected chi connectivity index (χ3v) is 3.42. The molecule has 0 saturated heterocycles. The summed E-state index contributed by atoms with van der Waals surface area (Å²) in [4.78, 5) is 23.8. The molecule has 0 aliphatic heterocycles. The fraction of sp³-hybridized carbons (Fsp3) is 0.333. The largest absolute Gasteiger partial charge is 0.447 e. The lowest BCUT2D eigenvalue weighted by molar-refractivity contribution is 0.112. The summed E-state index contributed by atoms with van der Waals surface area (Å²) in [5, 5.41) is 8.30. The molecule has 2 unspecified atom stereocenters. The molecule has 0 fully saturated rings. The Hall–Kier alpha value is -2.76. The van der Waals surface area contributed by atoms with Crippen molar-refractivity contribution < 1.29 is 14.3 Å². The molecule has 0 saturated carbocycles. The van der Waals surface area contributed by atoms with E-state index in [2.05, 4.69) is 16.0 Å². The normalized spacial score (nSPS) is 19.4. The lowest BCUT2D eigenvalue weighted by Gasteiger charge is -2.24. The maximum absolute atomic E-state index is 12.0. The quantitative estimate of drug-likeness (QED) is 0.792. The molecule has 0 heterocycles. The average Bonchev–Trinajstić information content (AvgIpc) is 2.50. The van der Waals surface area contributed by atoms with Crippen LogP contribution >= 0.6 is 0 Å². The van der Waals surface area contributed by atoms with E-state index < -0.39 is 6.09 Å². The van der Waals surface area contributed by atoms with Gasteiger partial charge in [0.1, 0.15) is 0 Å². The first-order valence-corrected chi connectivity index (χ1v) is 7.94. The maximum atomic E-state index is 12.0.